The third kappa shape index (κ3) is 6.01. The predicted molar refractivity (Wildman–Crippen MR) is 128 cm³/mol. The van der Waals surface area contributed by atoms with Crippen molar-refractivity contribution in [3.63, 3.8) is 0 Å². The fourth-order valence-electron chi connectivity index (χ4n) is 4.76. The van der Waals surface area contributed by atoms with Crippen LogP contribution in [0.25, 0.3) is 10.9 Å². The molecule has 0 radical (unpaired) electrons. The summed E-state index contributed by atoms with van der Waals surface area (Å²) in [5.74, 6) is 3.69. The van der Waals surface area contributed by atoms with Gasteiger partial charge in [-0.1, -0.05) is 37.5 Å². The van der Waals surface area contributed by atoms with Gasteiger partial charge in [-0.15, -0.1) is 0 Å². The SMILES string of the molecule is CN(C)c1nc(CCCC2CCC(CNCc3cccnc3)CC2)nc2ccccc12. The monoisotopic (exact) mass is 417 g/mol. The van der Waals surface area contributed by atoms with Gasteiger partial charge in [0, 0.05) is 44.8 Å². The molecule has 0 amide bonds. The molecule has 2 heterocycles. The average molecular weight is 418 g/mol. The third-order valence-corrected chi connectivity index (χ3v) is 6.52. The van der Waals surface area contributed by atoms with Crippen LogP contribution < -0.4 is 10.2 Å². The van der Waals surface area contributed by atoms with Crippen molar-refractivity contribution in [3.05, 3.63) is 60.2 Å². The van der Waals surface area contributed by atoms with Crippen molar-refractivity contribution in [3.8, 4) is 0 Å². The second-order valence-electron chi connectivity index (χ2n) is 9.15. The van der Waals surface area contributed by atoms with Crippen LogP contribution in [-0.2, 0) is 13.0 Å². The van der Waals surface area contributed by atoms with E-state index in [9.17, 15) is 0 Å². The third-order valence-electron chi connectivity index (χ3n) is 6.52. The number of nitrogens with zero attached hydrogens (tertiary/aromatic N) is 4. The van der Waals surface area contributed by atoms with Crippen LogP contribution in [0.4, 0.5) is 5.82 Å². The molecule has 0 bridgehead atoms. The molecular weight excluding hydrogens is 382 g/mol. The van der Waals surface area contributed by atoms with E-state index in [2.05, 4.69) is 59.6 Å². The molecule has 1 aromatic carbocycles. The van der Waals surface area contributed by atoms with E-state index in [1.807, 2.05) is 18.5 Å². The summed E-state index contributed by atoms with van der Waals surface area (Å²) >= 11 is 0. The van der Waals surface area contributed by atoms with Crippen LogP contribution in [0.2, 0.25) is 0 Å². The Bertz CT molecular complexity index is 948. The molecule has 1 N–H and O–H groups in total. The Hall–Kier alpha value is -2.53. The summed E-state index contributed by atoms with van der Waals surface area (Å²) in [6, 6.07) is 12.5. The molecule has 164 valence electrons. The van der Waals surface area contributed by atoms with Crippen molar-refractivity contribution in [2.75, 3.05) is 25.5 Å². The largest absolute Gasteiger partial charge is 0.362 e. The highest BCUT2D eigenvalue weighted by atomic mass is 15.1. The van der Waals surface area contributed by atoms with Crippen molar-refractivity contribution < 1.29 is 0 Å². The summed E-state index contributed by atoms with van der Waals surface area (Å²) in [5, 5.41) is 4.75. The normalized spacial score (nSPS) is 18.9. The van der Waals surface area contributed by atoms with E-state index in [0.29, 0.717) is 0 Å². The van der Waals surface area contributed by atoms with Crippen LogP contribution >= 0.6 is 0 Å². The quantitative estimate of drug-likeness (QED) is 0.530. The summed E-state index contributed by atoms with van der Waals surface area (Å²) in [6.07, 6.45) is 12.6. The Morgan fingerprint density at radius 1 is 0.968 bits per heavy atom. The Labute approximate surface area is 186 Å². The second kappa shape index (κ2) is 10.7. The van der Waals surface area contributed by atoms with Gasteiger partial charge in [0.15, 0.2) is 0 Å². The van der Waals surface area contributed by atoms with Gasteiger partial charge in [0.25, 0.3) is 0 Å². The lowest BCUT2D eigenvalue weighted by Gasteiger charge is -2.28. The standard InChI is InChI=1S/C26H35N5/c1-31(2)26-23-9-3-4-10-24(23)29-25(30-26)11-5-7-20-12-14-21(15-13-20)17-28-19-22-8-6-16-27-18-22/h3-4,6,8-10,16,18,20-21,28H,5,7,11-15,17,19H2,1-2H3. The van der Waals surface area contributed by atoms with Crippen LogP contribution in [0.3, 0.4) is 0 Å². The molecular formula is C26H35N5. The molecule has 0 spiro atoms. The lowest BCUT2D eigenvalue weighted by Crippen LogP contribution is -2.26. The van der Waals surface area contributed by atoms with Gasteiger partial charge < -0.3 is 10.2 Å². The molecule has 1 fully saturated rings. The zero-order valence-electron chi connectivity index (χ0n) is 18.9. The van der Waals surface area contributed by atoms with Crippen LogP contribution in [0.1, 0.15) is 49.9 Å². The summed E-state index contributed by atoms with van der Waals surface area (Å²) in [7, 11) is 4.12. The minimum atomic E-state index is 0.819. The smallest absolute Gasteiger partial charge is 0.139 e. The minimum Gasteiger partial charge on any atom is -0.362 e. The highest BCUT2D eigenvalue weighted by Crippen LogP contribution is 2.32. The van der Waals surface area contributed by atoms with Crippen molar-refractivity contribution in [1.82, 2.24) is 20.3 Å². The Balaban J connectivity index is 1.20. The second-order valence-corrected chi connectivity index (χ2v) is 9.15. The van der Waals surface area contributed by atoms with E-state index in [1.54, 1.807) is 0 Å². The maximum Gasteiger partial charge on any atom is 0.139 e. The van der Waals surface area contributed by atoms with Crippen LogP contribution in [0, 0.1) is 11.8 Å². The van der Waals surface area contributed by atoms with E-state index in [1.165, 1.54) is 44.1 Å². The summed E-state index contributed by atoms with van der Waals surface area (Å²) < 4.78 is 0. The Morgan fingerprint density at radius 2 is 1.77 bits per heavy atom. The van der Waals surface area contributed by atoms with E-state index in [0.717, 1.165) is 53.9 Å². The highest BCUT2D eigenvalue weighted by Gasteiger charge is 2.21. The van der Waals surface area contributed by atoms with Crippen molar-refractivity contribution >= 4 is 16.7 Å². The number of hydrogen-bond donors (Lipinski definition) is 1. The molecule has 0 aliphatic heterocycles. The van der Waals surface area contributed by atoms with Gasteiger partial charge in [0.1, 0.15) is 11.6 Å². The summed E-state index contributed by atoms with van der Waals surface area (Å²) in [5.41, 5.74) is 2.32. The average Bonchev–Trinajstić information content (AvgIpc) is 2.80. The molecule has 1 saturated carbocycles. The van der Waals surface area contributed by atoms with E-state index in [4.69, 9.17) is 9.97 Å². The summed E-state index contributed by atoms with van der Waals surface area (Å²) in [4.78, 5) is 16.0. The van der Waals surface area contributed by atoms with E-state index < -0.39 is 0 Å². The topological polar surface area (TPSA) is 53.9 Å². The number of fused-ring (bicyclic) bond motifs is 1. The number of hydrogen-bond acceptors (Lipinski definition) is 5. The van der Waals surface area contributed by atoms with Gasteiger partial charge in [-0.25, -0.2) is 9.97 Å². The number of para-hydroxylation sites is 1. The zero-order valence-corrected chi connectivity index (χ0v) is 18.9. The van der Waals surface area contributed by atoms with Crippen molar-refractivity contribution in [2.45, 2.75) is 51.5 Å². The molecule has 4 rings (SSSR count). The first kappa shape index (κ1) is 21.7. The van der Waals surface area contributed by atoms with E-state index in [-0.39, 0.29) is 0 Å². The maximum atomic E-state index is 4.86. The van der Waals surface area contributed by atoms with Gasteiger partial charge in [0.05, 0.1) is 5.52 Å². The molecule has 1 aliphatic carbocycles. The van der Waals surface area contributed by atoms with Crippen molar-refractivity contribution in [2.24, 2.45) is 11.8 Å². The molecule has 1 aliphatic rings. The zero-order chi connectivity index (χ0) is 21.5. The van der Waals surface area contributed by atoms with Crippen LogP contribution in [0.5, 0.6) is 0 Å². The first-order valence-electron chi connectivity index (χ1n) is 11.7. The Kier molecular flexibility index (Phi) is 7.47. The fourth-order valence-corrected chi connectivity index (χ4v) is 4.76. The molecule has 5 nitrogen and oxygen atoms in total. The molecule has 31 heavy (non-hydrogen) atoms. The van der Waals surface area contributed by atoms with Gasteiger partial charge in [-0.2, -0.15) is 0 Å². The lowest BCUT2D eigenvalue weighted by atomic mass is 9.80. The molecule has 3 aromatic rings. The highest BCUT2D eigenvalue weighted by molar-refractivity contribution is 5.89. The number of aromatic nitrogens is 3. The predicted octanol–water partition coefficient (Wildman–Crippen LogP) is 5.01. The minimum absolute atomic E-state index is 0.819. The van der Waals surface area contributed by atoms with E-state index >= 15 is 0 Å². The van der Waals surface area contributed by atoms with Gasteiger partial charge >= 0.3 is 0 Å². The number of aryl methyl sites for hydroxylation is 1. The first-order valence-corrected chi connectivity index (χ1v) is 11.7. The summed E-state index contributed by atoms with van der Waals surface area (Å²) in [6.45, 7) is 2.05. The van der Waals surface area contributed by atoms with Crippen molar-refractivity contribution in [1.29, 1.82) is 0 Å². The van der Waals surface area contributed by atoms with Crippen LogP contribution in [0.15, 0.2) is 48.8 Å². The molecule has 0 unspecified atom stereocenters. The number of pyridine rings is 1. The van der Waals surface area contributed by atoms with Gasteiger partial charge in [0.2, 0.25) is 0 Å². The number of rotatable bonds is 9. The molecule has 0 saturated heterocycles. The maximum absolute atomic E-state index is 4.86. The fraction of sp³-hybridized carbons (Fsp3) is 0.500. The van der Waals surface area contributed by atoms with Gasteiger partial charge in [-0.05, 0) is 61.4 Å². The Morgan fingerprint density at radius 3 is 2.55 bits per heavy atom. The lowest BCUT2D eigenvalue weighted by molar-refractivity contribution is 0.253. The van der Waals surface area contributed by atoms with Crippen LogP contribution in [-0.4, -0.2) is 35.6 Å². The molecule has 2 aromatic heterocycles. The van der Waals surface area contributed by atoms with Gasteiger partial charge in [-0.3, -0.25) is 4.98 Å². The number of anilines is 1. The first-order chi connectivity index (χ1) is 15.2. The number of benzene rings is 1. The number of nitrogens with one attached hydrogen (secondary N) is 1. The molecule has 5 heteroatoms. The molecule has 0 atom stereocenters.